The van der Waals surface area contributed by atoms with Gasteiger partial charge in [0.1, 0.15) is 0 Å². The molecule has 0 spiro atoms. The quantitative estimate of drug-likeness (QED) is 0.552. The van der Waals surface area contributed by atoms with E-state index in [0.29, 0.717) is 0 Å². The van der Waals surface area contributed by atoms with Crippen molar-refractivity contribution in [2.45, 2.75) is 19.8 Å². The van der Waals surface area contributed by atoms with E-state index < -0.39 is 0 Å². The lowest BCUT2D eigenvalue weighted by molar-refractivity contribution is 0.921. The Kier molecular flexibility index (Phi) is 4.77. The minimum atomic E-state index is 1.15. The number of benzene rings is 3. The van der Waals surface area contributed by atoms with Crippen molar-refractivity contribution in [1.29, 1.82) is 0 Å². The fourth-order valence-corrected chi connectivity index (χ4v) is 2.83. The molecule has 0 aliphatic rings. The Balaban J connectivity index is 1.78. The fourth-order valence-electron chi connectivity index (χ4n) is 2.83. The van der Waals surface area contributed by atoms with Gasteiger partial charge in [0.25, 0.3) is 0 Å². The highest BCUT2D eigenvalue weighted by molar-refractivity contribution is 5.69. The number of anilines is 2. The van der Waals surface area contributed by atoms with Crippen molar-refractivity contribution in [2.75, 3.05) is 11.9 Å². The zero-order chi connectivity index (χ0) is 16.1. The molecular formula is C22H23N. The van der Waals surface area contributed by atoms with Crippen molar-refractivity contribution in [1.82, 2.24) is 0 Å². The van der Waals surface area contributed by atoms with Crippen molar-refractivity contribution in [3.63, 3.8) is 0 Å². The molecule has 1 heteroatoms. The molecule has 0 aliphatic heterocycles. The number of aryl methyl sites for hydroxylation is 1. The third kappa shape index (κ3) is 3.62. The minimum absolute atomic E-state index is 1.15. The maximum atomic E-state index is 2.23. The lowest BCUT2D eigenvalue weighted by atomic mass is 10.1. The molecule has 116 valence electrons. The molecule has 1 nitrogen and oxygen atoms in total. The summed E-state index contributed by atoms with van der Waals surface area (Å²) >= 11 is 0. The van der Waals surface area contributed by atoms with Gasteiger partial charge >= 0.3 is 0 Å². The third-order valence-corrected chi connectivity index (χ3v) is 4.22. The molecule has 0 saturated heterocycles. The van der Waals surface area contributed by atoms with E-state index in [9.17, 15) is 0 Å². The Labute approximate surface area is 139 Å². The van der Waals surface area contributed by atoms with E-state index in [1.165, 1.54) is 34.5 Å². The van der Waals surface area contributed by atoms with Crippen LogP contribution in [0.3, 0.4) is 0 Å². The lowest BCUT2D eigenvalue weighted by Gasteiger charge is -2.20. The van der Waals surface area contributed by atoms with Gasteiger partial charge in [-0.05, 0) is 47.4 Å². The van der Waals surface area contributed by atoms with Crippen LogP contribution in [0.15, 0.2) is 78.9 Å². The van der Waals surface area contributed by atoms with E-state index in [-0.39, 0.29) is 0 Å². The Bertz CT molecular complexity index is 727. The first-order valence-electron chi connectivity index (χ1n) is 8.26. The van der Waals surface area contributed by atoms with Crippen LogP contribution >= 0.6 is 0 Å². The van der Waals surface area contributed by atoms with Crippen molar-refractivity contribution in [3.05, 3.63) is 84.4 Å². The van der Waals surface area contributed by atoms with E-state index in [0.717, 1.165) is 6.42 Å². The summed E-state index contributed by atoms with van der Waals surface area (Å²) in [5.74, 6) is 0. The number of hydrogen-bond acceptors (Lipinski definition) is 1. The molecule has 3 rings (SSSR count). The standard InChI is InChI=1S/C22H23N/c1-3-7-18-10-14-21(15-11-18)23(2)22-16-12-20(13-17-22)19-8-5-4-6-9-19/h4-6,8-17H,3,7H2,1-2H3. The summed E-state index contributed by atoms with van der Waals surface area (Å²) in [5.41, 5.74) is 6.33. The highest BCUT2D eigenvalue weighted by atomic mass is 15.1. The van der Waals surface area contributed by atoms with E-state index in [1.54, 1.807) is 0 Å². The second-order valence-electron chi connectivity index (χ2n) is 5.89. The van der Waals surface area contributed by atoms with Gasteiger partial charge in [-0.3, -0.25) is 0 Å². The molecule has 0 bridgehead atoms. The summed E-state index contributed by atoms with van der Waals surface area (Å²) < 4.78 is 0. The van der Waals surface area contributed by atoms with Crippen molar-refractivity contribution >= 4 is 11.4 Å². The molecule has 0 N–H and O–H groups in total. The number of rotatable bonds is 5. The van der Waals surface area contributed by atoms with E-state index in [2.05, 4.69) is 91.7 Å². The second-order valence-corrected chi connectivity index (χ2v) is 5.89. The molecule has 3 aromatic rings. The van der Waals surface area contributed by atoms with Gasteiger partial charge in [-0.1, -0.05) is 67.9 Å². The van der Waals surface area contributed by atoms with Gasteiger partial charge in [-0.2, -0.15) is 0 Å². The van der Waals surface area contributed by atoms with Crippen molar-refractivity contribution in [2.24, 2.45) is 0 Å². The summed E-state index contributed by atoms with van der Waals surface area (Å²) in [6.07, 6.45) is 2.34. The first kappa shape index (κ1) is 15.4. The van der Waals surface area contributed by atoms with Crippen LogP contribution in [0.1, 0.15) is 18.9 Å². The molecule has 0 heterocycles. The smallest absolute Gasteiger partial charge is 0.0408 e. The molecule has 0 aromatic heterocycles. The van der Waals surface area contributed by atoms with E-state index >= 15 is 0 Å². The van der Waals surface area contributed by atoms with Gasteiger partial charge in [0.2, 0.25) is 0 Å². The van der Waals surface area contributed by atoms with Crippen LogP contribution in [0.5, 0.6) is 0 Å². The van der Waals surface area contributed by atoms with Crippen molar-refractivity contribution in [3.8, 4) is 11.1 Å². The highest BCUT2D eigenvalue weighted by Gasteiger charge is 2.05. The first-order chi connectivity index (χ1) is 11.3. The molecule has 0 fully saturated rings. The molecule has 23 heavy (non-hydrogen) atoms. The maximum absolute atomic E-state index is 2.23. The van der Waals surface area contributed by atoms with Gasteiger partial charge in [-0.15, -0.1) is 0 Å². The van der Waals surface area contributed by atoms with Crippen LogP contribution in [0.25, 0.3) is 11.1 Å². The molecular weight excluding hydrogens is 278 g/mol. The Morgan fingerprint density at radius 3 is 1.74 bits per heavy atom. The molecule has 0 saturated carbocycles. The summed E-state index contributed by atoms with van der Waals surface area (Å²) in [7, 11) is 2.12. The van der Waals surface area contributed by atoms with Gasteiger partial charge in [0.15, 0.2) is 0 Å². The fraction of sp³-hybridized carbons (Fsp3) is 0.182. The van der Waals surface area contributed by atoms with Crippen LogP contribution in [-0.4, -0.2) is 7.05 Å². The Morgan fingerprint density at radius 1 is 0.652 bits per heavy atom. The Hall–Kier alpha value is -2.54. The second kappa shape index (κ2) is 7.15. The Morgan fingerprint density at radius 2 is 1.17 bits per heavy atom. The van der Waals surface area contributed by atoms with Crippen LogP contribution in [0.2, 0.25) is 0 Å². The van der Waals surface area contributed by atoms with Crippen LogP contribution in [0, 0.1) is 0 Å². The third-order valence-electron chi connectivity index (χ3n) is 4.22. The van der Waals surface area contributed by atoms with E-state index in [1.807, 2.05) is 6.07 Å². The normalized spacial score (nSPS) is 10.5. The molecule has 0 amide bonds. The summed E-state index contributed by atoms with van der Waals surface area (Å²) in [5, 5.41) is 0. The molecule has 0 radical (unpaired) electrons. The number of hydrogen-bond donors (Lipinski definition) is 0. The van der Waals surface area contributed by atoms with Crippen LogP contribution in [0.4, 0.5) is 11.4 Å². The van der Waals surface area contributed by atoms with Gasteiger partial charge in [0, 0.05) is 18.4 Å². The van der Waals surface area contributed by atoms with Gasteiger partial charge in [0.05, 0.1) is 0 Å². The zero-order valence-electron chi connectivity index (χ0n) is 13.9. The highest BCUT2D eigenvalue weighted by Crippen LogP contribution is 2.27. The van der Waals surface area contributed by atoms with Crippen LogP contribution in [-0.2, 0) is 6.42 Å². The predicted molar refractivity (Wildman–Crippen MR) is 100 cm³/mol. The first-order valence-corrected chi connectivity index (χ1v) is 8.26. The molecule has 0 aliphatic carbocycles. The number of nitrogens with zero attached hydrogens (tertiary/aromatic N) is 1. The molecule has 0 atom stereocenters. The maximum Gasteiger partial charge on any atom is 0.0408 e. The predicted octanol–water partition coefficient (Wildman–Crippen LogP) is 6.07. The molecule has 3 aromatic carbocycles. The summed E-state index contributed by atoms with van der Waals surface area (Å²) in [6, 6.07) is 28.1. The van der Waals surface area contributed by atoms with Crippen molar-refractivity contribution < 1.29 is 0 Å². The average Bonchev–Trinajstić information content (AvgIpc) is 2.63. The minimum Gasteiger partial charge on any atom is -0.345 e. The summed E-state index contributed by atoms with van der Waals surface area (Å²) in [4.78, 5) is 2.23. The van der Waals surface area contributed by atoms with Crippen LogP contribution < -0.4 is 4.90 Å². The van der Waals surface area contributed by atoms with Gasteiger partial charge < -0.3 is 4.90 Å². The SMILES string of the molecule is CCCc1ccc(N(C)c2ccc(-c3ccccc3)cc2)cc1. The topological polar surface area (TPSA) is 3.24 Å². The zero-order valence-corrected chi connectivity index (χ0v) is 13.9. The average molecular weight is 301 g/mol. The largest absolute Gasteiger partial charge is 0.345 e. The van der Waals surface area contributed by atoms with Gasteiger partial charge in [-0.25, -0.2) is 0 Å². The van der Waals surface area contributed by atoms with E-state index in [4.69, 9.17) is 0 Å². The summed E-state index contributed by atoms with van der Waals surface area (Å²) in [6.45, 7) is 2.22. The molecule has 0 unspecified atom stereocenters. The monoisotopic (exact) mass is 301 g/mol. The lowest BCUT2D eigenvalue weighted by Crippen LogP contribution is -2.09.